The first-order valence-corrected chi connectivity index (χ1v) is 9.85. The van der Waals surface area contributed by atoms with Crippen molar-refractivity contribution in [3.05, 3.63) is 28.8 Å². The van der Waals surface area contributed by atoms with Crippen LogP contribution in [0, 0.1) is 6.92 Å². The Morgan fingerprint density at radius 2 is 1.72 bits per heavy atom. The quantitative estimate of drug-likeness (QED) is 0.706. The van der Waals surface area contributed by atoms with E-state index in [1.807, 2.05) is 0 Å². The van der Waals surface area contributed by atoms with E-state index in [4.69, 9.17) is 16.3 Å². The number of esters is 1. The van der Waals surface area contributed by atoms with Crippen molar-refractivity contribution in [3.8, 4) is 0 Å². The summed E-state index contributed by atoms with van der Waals surface area (Å²) >= 11 is 6.03. The Balaban J connectivity index is 1.75. The lowest BCUT2D eigenvalue weighted by atomic mass is 10.2. The van der Waals surface area contributed by atoms with Gasteiger partial charge in [-0.2, -0.15) is 0 Å². The Bertz CT molecular complexity index is 790. The molecule has 158 valence electrons. The molecule has 3 amide bonds. The van der Waals surface area contributed by atoms with Crippen molar-refractivity contribution >= 4 is 41.0 Å². The van der Waals surface area contributed by atoms with Crippen LogP contribution < -0.4 is 5.32 Å². The van der Waals surface area contributed by atoms with Gasteiger partial charge in [-0.1, -0.05) is 17.7 Å². The molecule has 29 heavy (non-hydrogen) atoms. The molecule has 2 rings (SSSR count). The summed E-state index contributed by atoms with van der Waals surface area (Å²) in [5, 5.41) is 3.20. The molecular formula is C20H26ClN3O5. The van der Waals surface area contributed by atoms with Crippen LogP contribution in [0.1, 0.15) is 32.3 Å². The summed E-state index contributed by atoms with van der Waals surface area (Å²) in [5.74, 6) is -1.28. The van der Waals surface area contributed by atoms with Gasteiger partial charge < -0.3 is 19.9 Å². The van der Waals surface area contributed by atoms with Crippen LogP contribution in [0.15, 0.2) is 18.2 Å². The molecule has 1 heterocycles. The molecule has 1 aromatic carbocycles. The second kappa shape index (κ2) is 10.2. The van der Waals surface area contributed by atoms with Gasteiger partial charge in [0.05, 0.1) is 6.42 Å². The average molecular weight is 424 g/mol. The number of ether oxygens (including phenoxy) is 1. The van der Waals surface area contributed by atoms with E-state index in [1.165, 1.54) is 13.8 Å². The molecule has 8 nitrogen and oxygen atoms in total. The fraction of sp³-hybridized carbons (Fsp3) is 0.500. The van der Waals surface area contributed by atoms with Crippen molar-refractivity contribution in [1.29, 1.82) is 0 Å². The van der Waals surface area contributed by atoms with Crippen LogP contribution in [0.2, 0.25) is 5.02 Å². The molecule has 0 aromatic heterocycles. The summed E-state index contributed by atoms with van der Waals surface area (Å²) in [7, 11) is 0. The number of amides is 3. The second-order valence-corrected chi connectivity index (χ2v) is 7.33. The maximum atomic E-state index is 12.2. The largest absolute Gasteiger partial charge is 0.453 e. The molecule has 1 aliphatic heterocycles. The molecule has 0 radical (unpaired) electrons. The van der Waals surface area contributed by atoms with Gasteiger partial charge in [-0.3, -0.25) is 19.2 Å². The Morgan fingerprint density at radius 3 is 2.34 bits per heavy atom. The zero-order chi connectivity index (χ0) is 21.6. The summed E-state index contributed by atoms with van der Waals surface area (Å²) in [5.41, 5.74) is 1.27. The van der Waals surface area contributed by atoms with Crippen molar-refractivity contribution in [1.82, 2.24) is 9.80 Å². The molecule has 1 fully saturated rings. The summed E-state index contributed by atoms with van der Waals surface area (Å²) in [6.45, 7) is 6.62. The molecule has 0 aliphatic carbocycles. The van der Waals surface area contributed by atoms with Crippen LogP contribution in [-0.2, 0) is 23.9 Å². The Morgan fingerprint density at radius 1 is 1.10 bits per heavy atom. The van der Waals surface area contributed by atoms with Crippen molar-refractivity contribution in [3.63, 3.8) is 0 Å². The first-order valence-electron chi connectivity index (χ1n) is 9.47. The highest BCUT2D eigenvalue weighted by molar-refractivity contribution is 6.31. The predicted molar refractivity (Wildman–Crippen MR) is 108 cm³/mol. The molecule has 1 aromatic rings. The van der Waals surface area contributed by atoms with Gasteiger partial charge in [0, 0.05) is 50.2 Å². The molecule has 1 N–H and O–H groups in total. The standard InChI is InChI=1S/C20H26ClN3O5/c1-13-16(21)5-4-6-17(13)22-20(28)14(2)29-19(27)8-7-18(26)24-11-9-23(10-12-24)15(3)25/h4-6,14H,7-12H2,1-3H3,(H,22,28)/t14-/m0/s1. The monoisotopic (exact) mass is 423 g/mol. The summed E-state index contributed by atoms with van der Waals surface area (Å²) < 4.78 is 5.13. The van der Waals surface area contributed by atoms with Crippen molar-refractivity contribution in [2.75, 3.05) is 31.5 Å². The highest BCUT2D eigenvalue weighted by atomic mass is 35.5. The average Bonchev–Trinajstić information content (AvgIpc) is 2.69. The van der Waals surface area contributed by atoms with E-state index < -0.39 is 18.0 Å². The van der Waals surface area contributed by atoms with Crippen LogP contribution in [0.4, 0.5) is 5.69 Å². The van der Waals surface area contributed by atoms with E-state index in [9.17, 15) is 19.2 Å². The first-order chi connectivity index (χ1) is 13.7. The zero-order valence-corrected chi connectivity index (χ0v) is 17.6. The molecule has 1 saturated heterocycles. The third-order valence-electron chi connectivity index (χ3n) is 4.82. The van der Waals surface area contributed by atoms with Gasteiger partial charge in [0.25, 0.3) is 5.91 Å². The number of piperazine rings is 1. The van der Waals surface area contributed by atoms with E-state index in [1.54, 1.807) is 34.9 Å². The van der Waals surface area contributed by atoms with Gasteiger partial charge in [0.1, 0.15) is 0 Å². The number of nitrogens with zero attached hydrogens (tertiary/aromatic N) is 2. The number of carbonyl (C=O) groups excluding carboxylic acids is 4. The highest BCUT2D eigenvalue weighted by Crippen LogP contribution is 2.23. The first kappa shape index (κ1) is 22.7. The van der Waals surface area contributed by atoms with Crippen LogP contribution in [0.25, 0.3) is 0 Å². The Kier molecular flexibility index (Phi) is 8.01. The van der Waals surface area contributed by atoms with E-state index in [-0.39, 0.29) is 24.7 Å². The molecule has 0 bridgehead atoms. The number of nitrogens with one attached hydrogen (secondary N) is 1. The smallest absolute Gasteiger partial charge is 0.307 e. The Labute approximate surface area is 175 Å². The molecule has 0 unspecified atom stereocenters. The van der Waals surface area contributed by atoms with Crippen LogP contribution in [0.5, 0.6) is 0 Å². The third-order valence-corrected chi connectivity index (χ3v) is 5.23. The Hall–Kier alpha value is -2.61. The van der Waals surface area contributed by atoms with Crippen LogP contribution >= 0.6 is 11.6 Å². The van der Waals surface area contributed by atoms with Gasteiger partial charge in [-0.25, -0.2) is 0 Å². The third kappa shape index (κ3) is 6.45. The van der Waals surface area contributed by atoms with E-state index in [0.29, 0.717) is 36.9 Å². The van der Waals surface area contributed by atoms with Gasteiger partial charge in [0.15, 0.2) is 6.10 Å². The number of halogens is 1. The lowest BCUT2D eigenvalue weighted by Crippen LogP contribution is -2.50. The van der Waals surface area contributed by atoms with Gasteiger partial charge in [-0.05, 0) is 31.5 Å². The topological polar surface area (TPSA) is 96.0 Å². The summed E-state index contributed by atoms with van der Waals surface area (Å²) in [6.07, 6.45) is -1.12. The fourth-order valence-electron chi connectivity index (χ4n) is 2.92. The minimum atomic E-state index is -1.00. The van der Waals surface area contributed by atoms with Crippen LogP contribution in [-0.4, -0.2) is 65.8 Å². The highest BCUT2D eigenvalue weighted by Gasteiger charge is 2.24. The molecule has 9 heteroatoms. The number of hydrogen-bond donors (Lipinski definition) is 1. The number of anilines is 1. The zero-order valence-electron chi connectivity index (χ0n) is 16.9. The van der Waals surface area contributed by atoms with E-state index in [0.717, 1.165) is 5.56 Å². The molecule has 0 saturated carbocycles. The molecule has 0 spiro atoms. The van der Waals surface area contributed by atoms with Gasteiger partial charge >= 0.3 is 5.97 Å². The van der Waals surface area contributed by atoms with Crippen LogP contribution in [0.3, 0.4) is 0 Å². The molecule has 1 aliphatic rings. The number of rotatable bonds is 6. The summed E-state index contributed by atoms with van der Waals surface area (Å²) in [6, 6.07) is 5.13. The minimum Gasteiger partial charge on any atom is -0.453 e. The SMILES string of the molecule is CC(=O)N1CCN(C(=O)CCC(=O)O[C@@H](C)C(=O)Nc2cccc(Cl)c2C)CC1. The van der Waals surface area contributed by atoms with Crippen molar-refractivity contribution in [2.24, 2.45) is 0 Å². The maximum absolute atomic E-state index is 12.2. The predicted octanol–water partition coefficient (Wildman–Crippen LogP) is 1.99. The maximum Gasteiger partial charge on any atom is 0.307 e. The lowest BCUT2D eigenvalue weighted by Gasteiger charge is -2.34. The number of hydrogen-bond acceptors (Lipinski definition) is 5. The van der Waals surface area contributed by atoms with Gasteiger partial charge in [-0.15, -0.1) is 0 Å². The lowest BCUT2D eigenvalue weighted by molar-refractivity contribution is -0.154. The number of benzene rings is 1. The van der Waals surface area contributed by atoms with E-state index >= 15 is 0 Å². The van der Waals surface area contributed by atoms with Crippen molar-refractivity contribution in [2.45, 2.75) is 39.7 Å². The van der Waals surface area contributed by atoms with Gasteiger partial charge in [0.2, 0.25) is 11.8 Å². The van der Waals surface area contributed by atoms with E-state index in [2.05, 4.69) is 5.32 Å². The minimum absolute atomic E-state index is 0.000640. The molecule has 1 atom stereocenters. The number of carbonyl (C=O) groups is 4. The second-order valence-electron chi connectivity index (χ2n) is 6.92. The fourth-order valence-corrected chi connectivity index (χ4v) is 3.10. The van der Waals surface area contributed by atoms with Crippen molar-refractivity contribution < 1.29 is 23.9 Å². The normalized spacial score (nSPS) is 14.9. The summed E-state index contributed by atoms with van der Waals surface area (Å²) in [4.78, 5) is 51.1. The molecular weight excluding hydrogens is 398 g/mol.